The van der Waals surface area contributed by atoms with Gasteiger partial charge < -0.3 is 14.4 Å². The lowest BCUT2D eigenvalue weighted by Crippen LogP contribution is -2.46. The number of likely N-dealkylation sites (N-methyl/N-ethyl adjacent to an activating group) is 1. The molecule has 5 rings (SSSR count). The first-order valence-corrected chi connectivity index (χ1v) is 11.1. The average Bonchev–Trinajstić information content (AvgIpc) is 2.86. The van der Waals surface area contributed by atoms with Crippen molar-refractivity contribution in [3.8, 4) is 0 Å². The van der Waals surface area contributed by atoms with Crippen molar-refractivity contribution in [3.05, 3.63) is 83.2 Å². The van der Waals surface area contributed by atoms with Crippen LogP contribution in [-0.4, -0.2) is 46.5 Å². The van der Waals surface area contributed by atoms with Crippen LogP contribution in [0.5, 0.6) is 0 Å². The van der Waals surface area contributed by atoms with Crippen molar-refractivity contribution in [1.82, 2.24) is 14.5 Å². The minimum atomic E-state index is 0.00940. The number of hydrogen-bond donors (Lipinski definition) is 0. The molecule has 1 fully saturated rings. The number of hydrogen-bond acceptors (Lipinski definition) is 4. The van der Waals surface area contributed by atoms with Gasteiger partial charge in [0.05, 0.1) is 11.0 Å². The summed E-state index contributed by atoms with van der Waals surface area (Å²) >= 11 is 0. The largest absolute Gasteiger partial charge is 0.356 e. The number of para-hydroxylation sites is 2. The van der Waals surface area contributed by atoms with Crippen molar-refractivity contribution in [3.63, 3.8) is 0 Å². The summed E-state index contributed by atoms with van der Waals surface area (Å²) in [6, 6.07) is 21.2. The van der Waals surface area contributed by atoms with Gasteiger partial charge in [-0.05, 0) is 49.2 Å². The standard InChI is InChI=1S/C26H26N4O2/c1-28(19-13-16-29(17-14-19)24-12-6-7-15-27-24)25(31)18-30-22-10-4-2-8-20(22)26(32)21-9-3-5-11-23(21)30/h2-12,15,19H,13-14,16-18H2,1H3. The molecular formula is C26H26N4O2. The summed E-state index contributed by atoms with van der Waals surface area (Å²) < 4.78 is 1.98. The van der Waals surface area contributed by atoms with Crippen LogP contribution in [0.4, 0.5) is 5.82 Å². The molecule has 4 aromatic rings. The predicted molar refractivity (Wildman–Crippen MR) is 128 cm³/mol. The topological polar surface area (TPSA) is 58.4 Å². The molecule has 1 amide bonds. The lowest BCUT2D eigenvalue weighted by molar-refractivity contribution is -0.132. The molecule has 32 heavy (non-hydrogen) atoms. The molecule has 0 unspecified atom stereocenters. The van der Waals surface area contributed by atoms with Crippen LogP contribution in [0.1, 0.15) is 12.8 Å². The van der Waals surface area contributed by atoms with E-state index in [1.54, 1.807) is 0 Å². The summed E-state index contributed by atoms with van der Waals surface area (Å²) in [5.74, 6) is 1.05. The number of pyridine rings is 2. The molecule has 0 radical (unpaired) electrons. The summed E-state index contributed by atoms with van der Waals surface area (Å²) in [7, 11) is 1.90. The van der Waals surface area contributed by atoms with Gasteiger partial charge >= 0.3 is 0 Å². The fourth-order valence-corrected chi connectivity index (χ4v) is 4.72. The van der Waals surface area contributed by atoms with E-state index < -0.39 is 0 Å². The second-order valence-electron chi connectivity index (χ2n) is 8.36. The maximum atomic E-state index is 13.3. The summed E-state index contributed by atoms with van der Waals surface area (Å²) in [6.45, 7) is 1.96. The molecule has 2 aromatic carbocycles. The number of benzene rings is 2. The van der Waals surface area contributed by atoms with Crippen LogP contribution in [0, 0.1) is 0 Å². The SMILES string of the molecule is CN(C(=O)Cn1c2ccccc2c(=O)c2ccccc21)C1CCN(c2ccccn2)CC1. The van der Waals surface area contributed by atoms with Gasteiger partial charge in [0.1, 0.15) is 12.4 Å². The van der Waals surface area contributed by atoms with Gasteiger partial charge in [0.25, 0.3) is 0 Å². The van der Waals surface area contributed by atoms with Crippen molar-refractivity contribution in [2.24, 2.45) is 0 Å². The Labute approximate surface area is 186 Å². The average molecular weight is 427 g/mol. The summed E-state index contributed by atoms with van der Waals surface area (Å²) in [4.78, 5) is 34.9. The number of amides is 1. The third-order valence-corrected chi connectivity index (χ3v) is 6.55. The van der Waals surface area contributed by atoms with Crippen LogP contribution < -0.4 is 10.3 Å². The number of carbonyl (C=O) groups excluding carboxylic acids is 1. The predicted octanol–water partition coefficient (Wildman–Crippen LogP) is 3.68. The number of nitrogens with zero attached hydrogens (tertiary/aromatic N) is 4. The zero-order valence-corrected chi connectivity index (χ0v) is 18.1. The summed E-state index contributed by atoms with van der Waals surface area (Å²) in [5.41, 5.74) is 1.60. The van der Waals surface area contributed by atoms with Crippen molar-refractivity contribution < 1.29 is 4.79 Å². The monoisotopic (exact) mass is 426 g/mol. The summed E-state index contributed by atoms with van der Waals surface area (Å²) in [6.07, 6.45) is 3.63. The lowest BCUT2D eigenvalue weighted by Gasteiger charge is -2.37. The van der Waals surface area contributed by atoms with E-state index in [2.05, 4.69) is 9.88 Å². The van der Waals surface area contributed by atoms with E-state index >= 15 is 0 Å². The molecule has 1 aliphatic rings. The van der Waals surface area contributed by atoms with Crippen LogP contribution in [-0.2, 0) is 11.3 Å². The van der Waals surface area contributed by atoms with Crippen LogP contribution in [0.15, 0.2) is 77.7 Å². The molecule has 3 heterocycles. The number of aromatic nitrogens is 2. The molecule has 0 bridgehead atoms. The molecule has 0 atom stereocenters. The van der Waals surface area contributed by atoms with Gasteiger partial charge in [0.2, 0.25) is 5.91 Å². The zero-order valence-electron chi connectivity index (χ0n) is 18.1. The van der Waals surface area contributed by atoms with E-state index in [-0.39, 0.29) is 23.9 Å². The van der Waals surface area contributed by atoms with Gasteiger partial charge in [0.15, 0.2) is 5.43 Å². The first kappa shape index (κ1) is 20.2. The number of anilines is 1. The Bertz CT molecular complexity index is 1260. The van der Waals surface area contributed by atoms with E-state index in [1.165, 1.54) is 0 Å². The molecule has 0 saturated carbocycles. The molecule has 1 saturated heterocycles. The number of carbonyl (C=O) groups is 1. The minimum absolute atomic E-state index is 0.00940. The highest BCUT2D eigenvalue weighted by Crippen LogP contribution is 2.22. The van der Waals surface area contributed by atoms with Crippen molar-refractivity contribution in [2.75, 3.05) is 25.0 Å². The van der Waals surface area contributed by atoms with Crippen LogP contribution in [0.25, 0.3) is 21.8 Å². The molecule has 0 spiro atoms. The second kappa shape index (κ2) is 8.46. The van der Waals surface area contributed by atoms with E-state index in [4.69, 9.17) is 0 Å². The second-order valence-corrected chi connectivity index (χ2v) is 8.36. The highest BCUT2D eigenvalue weighted by Gasteiger charge is 2.26. The normalized spacial score (nSPS) is 14.7. The molecule has 6 heteroatoms. The van der Waals surface area contributed by atoms with Crippen LogP contribution in [0.2, 0.25) is 0 Å². The van der Waals surface area contributed by atoms with Crippen LogP contribution in [0.3, 0.4) is 0 Å². The van der Waals surface area contributed by atoms with Crippen LogP contribution >= 0.6 is 0 Å². The lowest BCUT2D eigenvalue weighted by atomic mass is 10.0. The maximum Gasteiger partial charge on any atom is 0.242 e. The number of piperidine rings is 1. The van der Waals surface area contributed by atoms with E-state index in [0.717, 1.165) is 42.8 Å². The third kappa shape index (κ3) is 3.62. The van der Waals surface area contributed by atoms with Gasteiger partial charge in [0, 0.05) is 43.1 Å². The smallest absolute Gasteiger partial charge is 0.242 e. The van der Waals surface area contributed by atoms with Gasteiger partial charge in [-0.1, -0.05) is 30.3 Å². The Morgan fingerprint density at radius 1 is 0.938 bits per heavy atom. The van der Waals surface area contributed by atoms with Gasteiger partial charge in [-0.2, -0.15) is 0 Å². The van der Waals surface area contributed by atoms with Gasteiger partial charge in [-0.3, -0.25) is 9.59 Å². The number of rotatable bonds is 4. The number of fused-ring (bicyclic) bond motifs is 2. The van der Waals surface area contributed by atoms with E-state index in [9.17, 15) is 9.59 Å². The molecule has 2 aromatic heterocycles. The van der Waals surface area contributed by atoms with Crippen molar-refractivity contribution in [2.45, 2.75) is 25.4 Å². The molecule has 1 aliphatic heterocycles. The fraction of sp³-hybridized carbons (Fsp3) is 0.269. The summed E-state index contributed by atoms with van der Waals surface area (Å²) in [5, 5.41) is 1.29. The Kier molecular flexibility index (Phi) is 5.35. The molecule has 0 aliphatic carbocycles. The first-order valence-electron chi connectivity index (χ1n) is 11.1. The van der Waals surface area contributed by atoms with Crippen molar-refractivity contribution >= 4 is 33.5 Å². The quantitative estimate of drug-likeness (QED) is 0.467. The highest BCUT2D eigenvalue weighted by molar-refractivity contribution is 5.94. The minimum Gasteiger partial charge on any atom is -0.356 e. The Morgan fingerprint density at radius 3 is 2.12 bits per heavy atom. The van der Waals surface area contributed by atoms with Gasteiger partial charge in [-0.15, -0.1) is 0 Å². The highest BCUT2D eigenvalue weighted by atomic mass is 16.2. The van der Waals surface area contributed by atoms with Gasteiger partial charge in [-0.25, -0.2) is 4.98 Å². The maximum absolute atomic E-state index is 13.3. The Balaban J connectivity index is 1.38. The Morgan fingerprint density at radius 2 is 1.53 bits per heavy atom. The molecular weight excluding hydrogens is 400 g/mol. The molecule has 162 valence electrons. The van der Waals surface area contributed by atoms with Crippen molar-refractivity contribution in [1.29, 1.82) is 0 Å². The Hall–Kier alpha value is -3.67. The van der Waals surface area contributed by atoms with E-state index in [0.29, 0.717) is 10.8 Å². The fourth-order valence-electron chi connectivity index (χ4n) is 4.72. The zero-order chi connectivity index (χ0) is 22.1. The molecule has 0 N–H and O–H groups in total. The first-order chi connectivity index (χ1) is 15.6. The molecule has 6 nitrogen and oxygen atoms in total. The van der Waals surface area contributed by atoms with E-state index in [1.807, 2.05) is 89.4 Å². The third-order valence-electron chi connectivity index (χ3n) is 6.55.